The summed E-state index contributed by atoms with van der Waals surface area (Å²) in [6, 6.07) is 0. The van der Waals surface area contributed by atoms with Crippen molar-refractivity contribution in [2.75, 3.05) is 7.11 Å². The van der Waals surface area contributed by atoms with Crippen LogP contribution in [-0.4, -0.2) is 13.1 Å². The molecule has 0 heterocycles. The first-order chi connectivity index (χ1) is 7.39. The molecule has 2 nitrogen and oxygen atoms in total. The monoisotopic (exact) mass is 228 g/mol. The van der Waals surface area contributed by atoms with Crippen molar-refractivity contribution in [2.45, 2.75) is 39.5 Å². The van der Waals surface area contributed by atoms with E-state index in [1.165, 1.54) is 7.11 Å². The van der Waals surface area contributed by atoms with Gasteiger partial charge in [0.2, 0.25) is 0 Å². The molecule has 1 aliphatic rings. The number of carbonyl (C=O) groups is 1. The quantitative estimate of drug-likeness (QED) is 0.691. The molecule has 92 valence electrons. The number of rotatable bonds is 3. The van der Waals surface area contributed by atoms with Crippen molar-refractivity contribution in [2.24, 2.45) is 17.3 Å². The van der Waals surface area contributed by atoms with Crippen LogP contribution in [0, 0.1) is 17.3 Å². The summed E-state index contributed by atoms with van der Waals surface area (Å²) in [5.74, 6) is 0.151. The van der Waals surface area contributed by atoms with Crippen LogP contribution in [-0.2, 0) is 9.53 Å². The Hall–Kier alpha value is -0.860. The van der Waals surface area contributed by atoms with E-state index in [2.05, 4.69) is 25.2 Å². The SMILES string of the molecule is C=C(F)C1(CC(=O)OC)CC(C)CC(C)C1. The van der Waals surface area contributed by atoms with E-state index in [0.29, 0.717) is 24.7 Å². The summed E-state index contributed by atoms with van der Waals surface area (Å²) in [7, 11) is 1.34. The van der Waals surface area contributed by atoms with E-state index in [1.807, 2.05) is 0 Å². The van der Waals surface area contributed by atoms with Gasteiger partial charge in [-0.25, -0.2) is 4.39 Å². The van der Waals surface area contributed by atoms with Crippen molar-refractivity contribution in [3.05, 3.63) is 12.4 Å². The third-order valence-electron chi connectivity index (χ3n) is 3.57. The van der Waals surface area contributed by atoms with Crippen LogP contribution in [0.3, 0.4) is 0 Å². The van der Waals surface area contributed by atoms with E-state index in [4.69, 9.17) is 0 Å². The number of carbonyl (C=O) groups excluding carboxylic acids is 1. The lowest BCUT2D eigenvalue weighted by Crippen LogP contribution is -2.34. The number of esters is 1. The highest BCUT2D eigenvalue weighted by atomic mass is 19.1. The Bertz CT molecular complexity index is 276. The molecular formula is C13H21FO2. The Morgan fingerprint density at radius 1 is 1.44 bits per heavy atom. The van der Waals surface area contributed by atoms with Crippen LogP contribution < -0.4 is 0 Å². The van der Waals surface area contributed by atoms with E-state index in [0.717, 1.165) is 6.42 Å². The zero-order chi connectivity index (χ0) is 12.3. The van der Waals surface area contributed by atoms with Crippen molar-refractivity contribution in [3.63, 3.8) is 0 Å². The van der Waals surface area contributed by atoms with Crippen molar-refractivity contribution in [1.29, 1.82) is 0 Å². The third-order valence-corrected chi connectivity index (χ3v) is 3.57. The van der Waals surface area contributed by atoms with Gasteiger partial charge in [0.05, 0.1) is 19.4 Å². The van der Waals surface area contributed by atoms with Gasteiger partial charge in [-0.1, -0.05) is 20.4 Å². The van der Waals surface area contributed by atoms with Crippen LogP contribution in [0.5, 0.6) is 0 Å². The van der Waals surface area contributed by atoms with Crippen molar-refractivity contribution in [3.8, 4) is 0 Å². The second-order valence-corrected chi connectivity index (χ2v) is 5.29. The van der Waals surface area contributed by atoms with Gasteiger partial charge in [0.25, 0.3) is 0 Å². The van der Waals surface area contributed by atoms with E-state index in [1.54, 1.807) is 0 Å². The number of hydrogen-bond donors (Lipinski definition) is 0. The molecule has 0 aromatic rings. The molecule has 16 heavy (non-hydrogen) atoms. The highest BCUT2D eigenvalue weighted by Gasteiger charge is 2.42. The van der Waals surface area contributed by atoms with Gasteiger partial charge in [-0.15, -0.1) is 0 Å². The Morgan fingerprint density at radius 2 is 1.94 bits per heavy atom. The van der Waals surface area contributed by atoms with Crippen molar-refractivity contribution < 1.29 is 13.9 Å². The predicted molar refractivity (Wildman–Crippen MR) is 61.5 cm³/mol. The molecule has 1 aliphatic carbocycles. The molecule has 0 aromatic heterocycles. The molecule has 1 fully saturated rings. The maximum Gasteiger partial charge on any atom is 0.306 e. The summed E-state index contributed by atoms with van der Waals surface area (Å²) >= 11 is 0. The van der Waals surface area contributed by atoms with Crippen molar-refractivity contribution >= 4 is 5.97 Å². The van der Waals surface area contributed by atoms with E-state index in [9.17, 15) is 9.18 Å². The average molecular weight is 228 g/mol. The minimum absolute atomic E-state index is 0.119. The largest absolute Gasteiger partial charge is 0.469 e. The first-order valence-electron chi connectivity index (χ1n) is 5.81. The van der Waals surface area contributed by atoms with Gasteiger partial charge in [0.15, 0.2) is 0 Å². The van der Waals surface area contributed by atoms with Gasteiger partial charge in [-0.2, -0.15) is 0 Å². The summed E-state index contributed by atoms with van der Waals surface area (Å²) in [5, 5.41) is 0. The maximum absolute atomic E-state index is 13.7. The molecule has 1 rings (SSSR count). The molecule has 0 spiro atoms. The fraction of sp³-hybridized carbons (Fsp3) is 0.769. The van der Waals surface area contributed by atoms with Gasteiger partial charge in [0, 0.05) is 5.41 Å². The van der Waals surface area contributed by atoms with Gasteiger partial charge in [-0.05, 0) is 31.1 Å². The third kappa shape index (κ3) is 2.83. The number of hydrogen-bond acceptors (Lipinski definition) is 2. The summed E-state index contributed by atoms with van der Waals surface area (Å²) in [6.45, 7) is 7.64. The summed E-state index contributed by atoms with van der Waals surface area (Å²) in [6.07, 6.45) is 2.60. The second kappa shape index (κ2) is 4.98. The molecule has 0 aliphatic heterocycles. The van der Waals surface area contributed by atoms with Gasteiger partial charge in [-0.3, -0.25) is 4.79 Å². The number of ether oxygens (including phenoxy) is 1. The summed E-state index contributed by atoms with van der Waals surface area (Å²) in [5.41, 5.74) is -0.690. The lowest BCUT2D eigenvalue weighted by molar-refractivity contribution is -0.144. The molecule has 0 bridgehead atoms. The molecular weight excluding hydrogens is 207 g/mol. The molecule has 0 aromatic carbocycles. The Balaban J connectivity index is 2.87. The van der Waals surface area contributed by atoms with Crippen LogP contribution in [0.2, 0.25) is 0 Å². The highest BCUT2D eigenvalue weighted by Crippen LogP contribution is 2.49. The van der Waals surface area contributed by atoms with Gasteiger partial charge >= 0.3 is 5.97 Å². The van der Waals surface area contributed by atoms with E-state index < -0.39 is 5.41 Å². The molecule has 0 saturated heterocycles. The first kappa shape index (κ1) is 13.2. The van der Waals surface area contributed by atoms with E-state index in [-0.39, 0.29) is 18.2 Å². The molecule has 0 amide bonds. The highest BCUT2D eigenvalue weighted by molar-refractivity contribution is 5.70. The second-order valence-electron chi connectivity index (χ2n) is 5.29. The molecule has 1 saturated carbocycles. The average Bonchev–Trinajstić information content (AvgIpc) is 2.15. The van der Waals surface area contributed by atoms with Gasteiger partial charge < -0.3 is 4.74 Å². The maximum atomic E-state index is 13.7. The lowest BCUT2D eigenvalue weighted by atomic mass is 9.64. The molecule has 2 atom stereocenters. The zero-order valence-electron chi connectivity index (χ0n) is 10.4. The van der Waals surface area contributed by atoms with Crippen LogP contribution in [0.25, 0.3) is 0 Å². The minimum Gasteiger partial charge on any atom is -0.469 e. The Morgan fingerprint density at radius 3 is 2.31 bits per heavy atom. The van der Waals surface area contributed by atoms with E-state index >= 15 is 0 Å². The smallest absolute Gasteiger partial charge is 0.306 e. The lowest BCUT2D eigenvalue weighted by Gasteiger charge is -2.41. The number of methoxy groups -OCH3 is 1. The topological polar surface area (TPSA) is 26.3 Å². The minimum atomic E-state index is -0.690. The Kier molecular flexibility index (Phi) is 4.11. The standard InChI is InChI=1S/C13H21FO2/c1-9-5-10(2)7-13(6-9,11(3)14)8-12(15)16-4/h9-10H,3,5-8H2,1-2,4H3. The van der Waals surface area contributed by atoms with Crippen LogP contribution in [0.15, 0.2) is 12.4 Å². The first-order valence-corrected chi connectivity index (χ1v) is 5.81. The van der Waals surface area contributed by atoms with Crippen LogP contribution >= 0.6 is 0 Å². The fourth-order valence-corrected chi connectivity index (χ4v) is 3.08. The predicted octanol–water partition coefficient (Wildman–Crippen LogP) is 3.48. The fourth-order valence-electron chi connectivity index (χ4n) is 3.08. The van der Waals surface area contributed by atoms with Gasteiger partial charge in [0.1, 0.15) is 0 Å². The molecule has 2 unspecified atom stereocenters. The number of halogens is 1. The molecule has 3 heteroatoms. The summed E-state index contributed by atoms with van der Waals surface area (Å²) in [4.78, 5) is 11.4. The normalized spacial score (nSPS) is 34.5. The Labute approximate surface area is 96.9 Å². The van der Waals surface area contributed by atoms with Crippen LogP contribution in [0.4, 0.5) is 4.39 Å². The zero-order valence-corrected chi connectivity index (χ0v) is 10.4. The molecule has 0 N–H and O–H groups in total. The number of allylic oxidation sites excluding steroid dienone is 1. The molecule has 0 radical (unpaired) electrons. The van der Waals surface area contributed by atoms with Crippen molar-refractivity contribution in [1.82, 2.24) is 0 Å². The summed E-state index contributed by atoms with van der Waals surface area (Å²) < 4.78 is 18.3. The van der Waals surface area contributed by atoms with Crippen LogP contribution in [0.1, 0.15) is 39.5 Å².